The molecule has 1 N–H and O–H groups in total. The van der Waals surface area contributed by atoms with Gasteiger partial charge in [0.25, 0.3) is 5.69 Å². The van der Waals surface area contributed by atoms with Gasteiger partial charge in [-0.25, -0.2) is 0 Å². The second kappa shape index (κ2) is 9.10. The molecule has 3 aromatic rings. The number of benzene rings is 3. The molecule has 0 aromatic heterocycles. The number of hydrogen-bond donors (Lipinski definition) is 1. The summed E-state index contributed by atoms with van der Waals surface area (Å²) < 4.78 is 11.0. The highest BCUT2D eigenvalue weighted by atomic mass is 35.5. The van der Waals surface area contributed by atoms with E-state index in [1.54, 1.807) is 30.3 Å². The molecule has 154 valence electrons. The molecule has 0 aliphatic heterocycles. The predicted molar refractivity (Wildman–Crippen MR) is 112 cm³/mol. The van der Waals surface area contributed by atoms with E-state index in [0.29, 0.717) is 17.3 Å². The summed E-state index contributed by atoms with van der Waals surface area (Å²) in [4.78, 5) is 20.7. The van der Waals surface area contributed by atoms with Gasteiger partial charge in [-0.3, -0.25) is 20.2 Å². The number of hydrogen-bond acceptors (Lipinski definition) is 7. The molecule has 0 radical (unpaired) electrons. The first-order valence-electron chi connectivity index (χ1n) is 8.64. The van der Waals surface area contributed by atoms with Gasteiger partial charge in [-0.2, -0.15) is 0 Å². The zero-order valence-electron chi connectivity index (χ0n) is 15.7. The highest BCUT2D eigenvalue weighted by molar-refractivity contribution is 6.30. The van der Waals surface area contributed by atoms with Crippen molar-refractivity contribution in [2.45, 2.75) is 6.54 Å². The maximum absolute atomic E-state index is 11.3. The Hall–Kier alpha value is -3.85. The number of anilines is 1. The van der Waals surface area contributed by atoms with Crippen molar-refractivity contribution in [1.29, 1.82) is 0 Å². The van der Waals surface area contributed by atoms with Crippen LogP contribution in [0.1, 0.15) is 5.56 Å². The third-order valence-electron chi connectivity index (χ3n) is 4.14. The fourth-order valence-corrected chi connectivity index (χ4v) is 2.77. The van der Waals surface area contributed by atoms with E-state index in [2.05, 4.69) is 5.32 Å². The Morgan fingerprint density at radius 3 is 2.23 bits per heavy atom. The van der Waals surface area contributed by atoms with Gasteiger partial charge in [-0.1, -0.05) is 17.7 Å². The molecule has 3 rings (SSSR count). The Labute approximate surface area is 176 Å². The van der Waals surface area contributed by atoms with Crippen LogP contribution in [0.3, 0.4) is 0 Å². The van der Waals surface area contributed by atoms with Crippen molar-refractivity contribution >= 4 is 28.7 Å². The third kappa shape index (κ3) is 4.95. The number of nitro benzene ring substituents is 2. The van der Waals surface area contributed by atoms with Gasteiger partial charge in [0, 0.05) is 23.3 Å². The van der Waals surface area contributed by atoms with E-state index < -0.39 is 21.2 Å². The standard InChI is InChI=1S/C20H16ClN3O6/c1-29-20-10-13(12-22-15-5-3-14(21)4-6-15)2-8-19(20)30-18-9-7-16(23(25)26)11-17(18)24(27)28/h2-11,22H,12H2,1H3. The summed E-state index contributed by atoms with van der Waals surface area (Å²) in [6.07, 6.45) is 0. The lowest BCUT2D eigenvalue weighted by molar-refractivity contribution is -0.394. The van der Waals surface area contributed by atoms with Gasteiger partial charge in [0.15, 0.2) is 11.5 Å². The Morgan fingerprint density at radius 2 is 1.60 bits per heavy atom. The monoisotopic (exact) mass is 429 g/mol. The number of rotatable bonds is 8. The fourth-order valence-electron chi connectivity index (χ4n) is 2.64. The summed E-state index contributed by atoms with van der Waals surface area (Å²) in [7, 11) is 1.45. The fraction of sp³-hybridized carbons (Fsp3) is 0.100. The van der Waals surface area contributed by atoms with Crippen molar-refractivity contribution in [3.05, 3.63) is 91.5 Å². The molecular weight excluding hydrogens is 414 g/mol. The molecule has 10 heteroatoms. The SMILES string of the molecule is COc1cc(CNc2ccc(Cl)cc2)ccc1Oc1ccc([N+](=O)[O-])cc1[N+](=O)[O-]. The number of ether oxygens (including phenoxy) is 2. The highest BCUT2D eigenvalue weighted by Crippen LogP contribution is 2.38. The van der Waals surface area contributed by atoms with Crippen molar-refractivity contribution < 1.29 is 19.3 Å². The van der Waals surface area contributed by atoms with Gasteiger partial charge in [-0.15, -0.1) is 0 Å². The molecule has 30 heavy (non-hydrogen) atoms. The minimum Gasteiger partial charge on any atom is -0.493 e. The maximum atomic E-state index is 11.3. The molecule has 0 aliphatic rings. The van der Waals surface area contributed by atoms with Gasteiger partial charge in [-0.05, 0) is 48.0 Å². The van der Waals surface area contributed by atoms with Gasteiger partial charge < -0.3 is 14.8 Å². The van der Waals surface area contributed by atoms with Crippen LogP contribution in [0.15, 0.2) is 60.7 Å². The van der Waals surface area contributed by atoms with Crippen molar-refractivity contribution in [1.82, 2.24) is 0 Å². The van der Waals surface area contributed by atoms with Crippen LogP contribution < -0.4 is 14.8 Å². The smallest absolute Gasteiger partial charge is 0.318 e. The molecule has 0 bridgehead atoms. The summed E-state index contributed by atoms with van der Waals surface area (Å²) in [6.45, 7) is 0.496. The number of nitrogens with zero attached hydrogens (tertiary/aromatic N) is 2. The van der Waals surface area contributed by atoms with Gasteiger partial charge in [0.1, 0.15) is 0 Å². The zero-order valence-corrected chi connectivity index (χ0v) is 16.5. The van der Waals surface area contributed by atoms with Crippen LogP contribution in [0.2, 0.25) is 5.02 Å². The quantitative estimate of drug-likeness (QED) is 0.367. The molecular formula is C20H16ClN3O6. The first kappa shape index (κ1) is 20.9. The molecule has 0 saturated heterocycles. The third-order valence-corrected chi connectivity index (χ3v) is 4.39. The lowest BCUT2D eigenvalue weighted by Gasteiger charge is -2.13. The molecule has 0 aliphatic carbocycles. The number of methoxy groups -OCH3 is 1. The Balaban J connectivity index is 1.80. The van der Waals surface area contributed by atoms with Gasteiger partial charge >= 0.3 is 5.69 Å². The van der Waals surface area contributed by atoms with E-state index >= 15 is 0 Å². The van der Waals surface area contributed by atoms with Crippen LogP contribution in [0, 0.1) is 20.2 Å². The van der Waals surface area contributed by atoms with Crippen molar-refractivity contribution in [2.24, 2.45) is 0 Å². The number of nitrogens with one attached hydrogen (secondary N) is 1. The van der Waals surface area contributed by atoms with E-state index in [4.69, 9.17) is 21.1 Å². The minimum atomic E-state index is -0.737. The summed E-state index contributed by atoms with van der Waals surface area (Å²) in [5.74, 6) is 0.471. The number of halogens is 1. The van der Waals surface area contributed by atoms with Crippen molar-refractivity contribution in [3.63, 3.8) is 0 Å². The van der Waals surface area contributed by atoms with Gasteiger partial charge in [0.2, 0.25) is 5.75 Å². The van der Waals surface area contributed by atoms with Crippen LogP contribution >= 0.6 is 11.6 Å². The molecule has 0 amide bonds. The minimum absolute atomic E-state index is 0.129. The predicted octanol–water partition coefficient (Wildman–Crippen LogP) is 5.57. The first-order chi connectivity index (χ1) is 14.4. The van der Waals surface area contributed by atoms with Crippen molar-refractivity contribution in [3.8, 4) is 17.2 Å². The van der Waals surface area contributed by atoms with E-state index in [-0.39, 0.29) is 11.5 Å². The molecule has 0 saturated carbocycles. The van der Waals surface area contributed by atoms with Crippen LogP contribution in [0.25, 0.3) is 0 Å². The summed E-state index contributed by atoms with van der Waals surface area (Å²) in [6, 6.07) is 15.6. The normalized spacial score (nSPS) is 10.3. The van der Waals surface area contributed by atoms with E-state index in [9.17, 15) is 20.2 Å². The summed E-state index contributed by atoms with van der Waals surface area (Å²) in [5.41, 5.74) is 0.858. The van der Waals surface area contributed by atoms with Crippen LogP contribution in [0.4, 0.5) is 17.1 Å². The molecule has 9 nitrogen and oxygen atoms in total. The lowest BCUT2D eigenvalue weighted by Crippen LogP contribution is -2.01. The summed E-state index contributed by atoms with van der Waals surface area (Å²) >= 11 is 5.87. The molecule has 0 spiro atoms. The average Bonchev–Trinajstić information content (AvgIpc) is 2.74. The maximum Gasteiger partial charge on any atom is 0.318 e. The molecule has 3 aromatic carbocycles. The lowest BCUT2D eigenvalue weighted by atomic mass is 10.2. The Kier molecular flexibility index (Phi) is 6.33. The molecule has 0 atom stereocenters. The van der Waals surface area contributed by atoms with Crippen LogP contribution in [-0.2, 0) is 6.54 Å². The van der Waals surface area contributed by atoms with Crippen molar-refractivity contribution in [2.75, 3.05) is 12.4 Å². The topological polar surface area (TPSA) is 117 Å². The number of non-ortho nitro benzene ring substituents is 1. The van der Waals surface area contributed by atoms with Gasteiger partial charge in [0.05, 0.1) is 23.0 Å². The Bertz CT molecular complexity index is 1090. The average molecular weight is 430 g/mol. The highest BCUT2D eigenvalue weighted by Gasteiger charge is 2.22. The van der Waals surface area contributed by atoms with Crippen LogP contribution in [0.5, 0.6) is 17.2 Å². The molecule has 0 unspecified atom stereocenters. The zero-order chi connectivity index (χ0) is 21.7. The summed E-state index contributed by atoms with van der Waals surface area (Å²) in [5, 5.41) is 26.0. The second-order valence-electron chi connectivity index (χ2n) is 6.11. The van der Waals surface area contributed by atoms with E-state index in [1.807, 2.05) is 12.1 Å². The van der Waals surface area contributed by atoms with E-state index in [0.717, 1.165) is 23.4 Å². The Morgan fingerprint density at radius 1 is 0.900 bits per heavy atom. The van der Waals surface area contributed by atoms with E-state index in [1.165, 1.54) is 13.2 Å². The van der Waals surface area contributed by atoms with Crippen LogP contribution in [-0.4, -0.2) is 17.0 Å². The first-order valence-corrected chi connectivity index (χ1v) is 9.02. The second-order valence-corrected chi connectivity index (χ2v) is 6.55. The molecule has 0 heterocycles. The number of nitro groups is 2. The largest absolute Gasteiger partial charge is 0.493 e. The molecule has 0 fully saturated rings.